The van der Waals surface area contributed by atoms with Crippen LogP contribution in [-0.2, 0) is 17.8 Å². The van der Waals surface area contributed by atoms with E-state index in [4.69, 9.17) is 0 Å². The van der Waals surface area contributed by atoms with Gasteiger partial charge in [-0.25, -0.2) is 0 Å². The zero-order valence-corrected chi connectivity index (χ0v) is 11.3. The molecular weight excluding hydrogens is 246 g/mol. The first-order valence-electron chi connectivity index (χ1n) is 6.89. The van der Waals surface area contributed by atoms with Gasteiger partial charge >= 0.3 is 0 Å². The summed E-state index contributed by atoms with van der Waals surface area (Å²) < 4.78 is 0. The molecule has 1 aliphatic rings. The zero-order valence-electron chi connectivity index (χ0n) is 11.3. The van der Waals surface area contributed by atoms with E-state index in [-0.39, 0.29) is 11.9 Å². The summed E-state index contributed by atoms with van der Waals surface area (Å²) in [6, 6.07) is 20.6. The second-order valence-corrected chi connectivity index (χ2v) is 5.07. The van der Waals surface area contributed by atoms with Crippen molar-refractivity contribution in [2.24, 2.45) is 0 Å². The van der Waals surface area contributed by atoms with E-state index in [9.17, 15) is 4.79 Å². The van der Waals surface area contributed by atoms with Crippen LogP contribution in [0.15, 0.2) is 72.8 Å². The van der Waals surface area contributed by atoms with E-state index in [1.807, 2.05) is 47.4 Å². The Morgan fingerprint density at radius 2 is 1.45 bits per heavy atom. The number of amides is 1. The van der Waals surface area contributed by atoms with Crippen molar-refractivity contribution in [3.05, 3.63) is 83.9 Å². The van der Waals surface area contributed by atoms with E-state index in [0.29, 0.717) is 6.54 Å². The van der Waals surface area contributed by atoms with Crippen molar-refractivity contribution in [1.29, 1.82) is 0 Å². The summed E-state index contributed by atoms with van der Waals surface area (Å²) >= 11 is 0. The van der Waals surface area contributed by atoms with Crippen LogP contribution >= 0.6 is 0 Å². The average Bonchev–Trinajstić information content (AvgIpc) is 2.83. The molecule has 0 aromatic heterocycles. The molecule has 1 heterocycles. The lowest BCUT2D eigenvalue weighted by Gasteiger charge is -2.25. The third-order valence-corrected chi connectivity index (χ3v) is 3.63. The first kappa shape index (κ1) is 12.7. The molecule has 2 aromatic carbocycles. The highest BCUT2D eigenvalue weighted by Gasteiger charge is 2.25. The molecule has 1 atom stereocenters. The van der Waals surface area contributed by atoms with Gasteiger partial charge in [0.15, 0.2) is 0 Å². The smallest absolute Gasteiger partial charge is 0.247 e. The maximum atomic E-state index is 12.0. The van der Waals surface area contributed by atoms with Crippen molar-refractivity contribution in [3.8, 4) is 0 Å². The van der Waals surface area contributed by atoms with Gasteiger partial charge in [0.1, 0.15) is 0 Å². The molecule has 1 aliphatic heterocycles. The normalized spacial score (nSPS) is 17.7. The summed E-state index contributed by atoms with van der Waals surface area (Å²) in [5.74, 6) is 0.106. The minimum atomic E-state index is 0.106. The maximum absolute atomic E-state index is 12.0. The predicted molar refractivity (Wildman–Crippen MR) is 80.1 cm³/mol. The summed E-state index contributed by atoms with van der Waals surface area (Å²) in [4.78, 5) is 14.0. The number of carbonyl (C=O) groups is 1. The molecule has 0 spiro atoms. The molecule has 0 bridgehead atoms. The quantitative estimate of drug-likeness (QED) is 0.829. The van der Waals surface area contributed by atoms with E-state index < -0.39 is 0 Å². The fraction of sp³-hybridized carbons (Fsp3) is 0.167. The van der Waals surface area contributed by atoms with Crippen LogP contribution in [0.4, 0.5) is 0 Å². The van der Waals surface area contributed by atoms with Crippen molar-refractivity contribution >= 4 is 5.91 Å². The summed E-state index contributed by atoms with van der Waals surface area (Å²) in [5, 5.41) is 0. The van der Waals surface area contributed by atoms with Gasteiger partial charge < -0.3 is 4.90 Å². The van der Waals surface area contributed by atoms with Crippen molar-refractivity contribution < 1.29 is 4.79 Å². The van der Waals surface area contributed by atoms with Gasteiger partial charge in [-0.1, -0.05) is 66.7 Å². The second-order valence-electron chi connectivity index (χ2n) is 5.07. The van der Waals surface area contributed by atoms with Gasteiger partial charge in [0.2, 0.25) is 5.91 Å². The number of rotatable bonds is 4. The second kappa shape index (κ2) is 5.74. The van der Waals surface area contributed by atoms with Crippen molar-refractivity contribution in [1.82, 2.24) is 4.90 Å². The number of hydrogen-bond acceptors (Lipinski definition) is 1. The highest BCUT2D eigenvalue weighted by molar-refractivity contribution is 5.90. The molecule has 0 fully saturated rings. The Labute approximate surface area is 119 Å². The fourth-order valence-corrected chi connectivity index (χ4v) is 2.57. The van der Waals surface area contributed by atoms with Gasteiger partial charge in [-0.2, -0.15) is 0 Å². The van der Waals surface area contributed by atoms with Gasteiger partial charge in [0.05, 0.1) is 6.04 Å². The molecule has 0 unspecified atom stereocenters. The van der Waals surface area contributed by atoms with E-state index in [1.165, 1.54) is 11.1 Å². The van der Waals surface area contributed by atoms with Crippen LogP contribution in [0, 0.1) is 0 Å². The highest BCUT2D eigenvalue weighted by Crippen LogP contribution is 2.19. The van der Waals surface area contributed by atoms with Gasteiger partial charge in [-0.3, -0.25) is 4.79 Å². The van der Waals surface area contributed by atoms with Crippen LogP contribution < -0.4 is 0 Å². The van der Waals surface area contributed by atoms with Crippen LogP contribution in [0.25, 0.3) is 0 Å². The molecule has 100 valence electrons. The Balaban J connectivity index is 1.73. The van der Waals surface area contributed by atoms with Crippen LogP contribution in [0.2, 0.25) is 0 Å². The summed E-state index contributed by atoms with van der Waals surface area (Å²) in [6.07, 6.45) is 4.57. The Hall–Kier alpha value is -2.35. The number of nitrogens with zero attached hydrogens (tertiary/aromatic N) is 1. The largest absolute Gasteiger partial charge is 0.328 e. The summed E-state index contributed by atoms with van der Waals surface area (Å²) in [5.41, 5.74) is 2.43. The lowest BCUT2D eigenvalue weighted by molar-refractivity contribution is -0.126. The van der Waals surface area contributed by atoms with Crippen molar-refractivity contribution in [2.45, 2.75) is 19.0 Å². The number of carbonyl (C=O) groups excluding carboxylic acids is 1. The first-order chi connectivity index (χ1) is 9.83. The van der Waals surface area contributed by atoms with Crippen molar-refractivity contribution in [2.75, 3.05) is 0 Å². The fourth-order valence-electron chi connectivity index (χ4n) is 2.57. The third-order valence-electron chi connectivity index (χ3n) is 3.63. The molecule has 2 aromatic rings. The van der Waals surface area contributed by atoms with Crippen LogP contribution in [0.5, 0.6) is 0 Å². The topological polar surface area (TPSA) is 20.3 Å². The number of hydrogen-bond donors (Lipinski definition) is 0. The zero-order chi connectivity index (χ0) is 13.8. The molecular formula is C18H17NO. The third kappa shape index (κ3) is 2.80. The first-order valence-corrected chi connectivity index (χ1v) is 6.89. The SMILES string of the molecule is O=C1C=C[C@H](Cc2ccccc2)N1Cc1ccccc1. The van der Waals surface area contributed by atoms with E-state index in [1.54, 1.807) is 6.08 Å². The van der Waals surface area contributed by atoms with Gasteiger partial charge in [-0.05, 0) is 17.5 Å². The monoisotopic (exact) mass is 263 g/mol. The number of benzene rings is 2. The minimum Gasteiger partial charge on any atom is -0.328 e. The molecule has 3 rings (SSSR count). The molecule has 0 N–H and O–H groups in total. The Morgan fingerprint density at radius 3 is 2.10 bits per heavy atom. The average molecular weight is 263 g/mol. The Kier molecular flexibility index (Phi) is 3.64. The van der Waals surface area contributed by atoms with E-state index in [0.717, 1.165) is 6.42 Å². The summed E-state index contributed by atoms with van der Waals surface area (Å²) in [6.45, 7) is 0.671. The molecule has 1 amide bonds. The van der Waals surface area contributed by atoms with Crippen LogP contribution in [0.3, 0.4) is 0 Å². The van der Waals surface area contributed by atoms with Gasteiger partial charge in [0, 0.05) is 12.6 Å². The van der Waals surface area contributed by atoms with Crippen LogP contribution in [0.1, 0.15) is 11.1 Å². The summed E-state index contributed by atoms with van der Waals surface area (Å²) in [7, 11) is 0. The van der Waals surface area contributed by atoms with Crippen molar-refractivity contribution in [3.63, 3.8) is 0 Å². The maximum Gasteiger partial charge on any atom is 0.247 e. The predicted octanol–water partition coefficient (Wildman–Crippen LogP) is 3.20. The standard InChI is InChI=1S/C18H17NO/c20-18-12-11-17(13-15-7-3-1-4-8-15)19(18)14-16-9-5-2-6-10-16/h1-12,17H,13-14H2/t17-/m1/s1. The molecule has 2 nitrogen and oxygen atoms in total. The molecule has 0 saturated carbocycles. The van der Waals surface area contributed by atoms with Crippen LogP contribution in [-0.4, -0.2) is 16.8 Å². The highest BCUT2D eigenvalue weighted by atomic mass is 16.2. The molecule has 2 heteroatoms. The van der Waals surface area contributed by atoms with E-state index in [2.05, 4.69) is 24.3 Å². The molecule has 0 saturated heterocycles. The molecule has 0 radical (unpaired) electrons. The van der Waals surface area contributed by atoms with Gasteiger partial charge in [0.25, 0.3) is 0 Å². The lowest BCUT2D eigenvalue weighted by atomic mass is 10.1. The Bertz CT molecular complexity index is 604. The minimum absolute atomic E-state index is 0.106. The van der Waals surface area contributed by atoms with Gasteiger partial charge in [-0.15, -0.1) is 0 Å². The molecule has 20 heavy (non-hydrogen) atoms. The lowest BCUT2D eigenvalue weighted by Crippen LogP contribution is -2.34. The molecule has 0 aliphatic carbocycles. The van der Waals surface area contributed by atoms with E-state index >= 15 is 0 Å². The Morgan fingerprint density at radius 1 is 0.850 bits per heavy atom.